The van der Waals surface area contributed by atoms with E-state index >= 15 is 0 Å². The van der Waals surface area contributed by atoms with Gasteiger partial charge in [0, 0.05) is 13.3 Å². The first-order valence-electron chi connectivity index (χ1n) is 12.4. The predicted octanol–water partition coefficient (Wildman–Crippen LogP) is 6.10. The van der Waals surface area contributed by atoms with Crippen LogP contribution in [0.15, 0.2) is 42.0 Å². The summed E-state index contributed by atoms with van der Waals surface area (Å²) in [6, 6.07) is 9.50. The van der Waals surface area contributed by atoms with Crippen molar-refractivity contribution in [2.75, 3.05) is 0 Å². The Morgan fingerprint density at radius 3 is 2.50 bits per heavy atom. The van der Waals surface area contributed by atoms with Gasteiger partial charge in [-0.25, -0.2) is 0 Å². The van der Waals surface area contributed by atoms with E-state index in [4.69, 9.17) is 9.47 Å². The molecule has 3 fully saturated rings. The molecule has 4 aliphatic rings. The van der Waals surface area contributed by atoms with Gasteiger partial charge < -0.3 is 9.47 Å². The average molecular weight is 437 g/mol. The summed E-state index contributed by atoms with van der Waals surface area (Å²) in [5, 5.41) is 0. The number of carbonyl (C=O) groups excluding carboxylic acids is 2. The van der Waals surface area contributed by atoms with Crippen molar-refractivity contribution in [3.8, 4) is 5.75 Å². The monoisotopic (exact) mass is 436 g/mol. The summed E-state index contributed by atoms with van der Waals surface area (Å²) in [7, 11) is 0. The van der Waals surface area contributed by atoms with E-state index in [0.29, 0.717) is 23.5 Å². The quantitative estimate of drug-likeness (QED) is 0.326. The summed E-state index contributed by atoms with van der Waals surface area (Å²) < 4.78 is 11.4. The lowest BCUT2D eigenvalue weighted by Crippen LogP contribution is -2.51. The van der Waals surface area contributed by atoms with Gasteiger partial charge in [0.1, 0.15) is 11.9 Å². The Bertz CT molecular complexity index is 921. The van der Waals surface area contributed by atoms with Crippen molar-refractivity contribution in [2.45, 2.75) is 78.2 Å². The van der Waals surface area contributed by atoms with Crippen molar-refractivity contribution in [1.29, 1.82) is 0 Å². The van der Waals surface area contributed by atoms with Gasteiger partial charge in [-0.2, -0.15) is 0 Å². The van der Waals surface area contributed by atoms with Crippen LogP contribution in [0.3, 0.4) is 0 Å². The van der Waals surface area contributed by atoms with E-state index < -0.39 is 0 Å². The molecule has 172 valence electrons. The first kappa shape index (κ1) is 21.7. The molecular formula is C28H36O4. The molecule has 32 heavy (non-hydrogen) atoms. The normalized spacial score (nSPS) is 40.3. The summed E-state index contributed by atoms with van der Waals surface area (Å²) in [6.45, 7) is 6.33. The first-order valence-corrected chi connectivity index (χ1v) is 12.4. The fraction of sp³-hybridized carbons (Fsp3) is 0.643. The summed E-state index contributed by atoms with van der Waals surface area (Å²) in [6.07, 6.45) is 10.9. The van der Waals surface area contributed by atoms with Crippen LogP contribution in [-0.2, 0) is 14.3 Å². The van der Waals surface area contributed by atoms with Crippen LogP contribution in [0.4, 0.5) is 0 Å². The van der Waals surface area contributed by atoms with Gasteiger partial charge in [0.25, 0.3) is 0 Å². The molecule has 0 heterocycles. The van der Waals surface area contributed by atoms with Gasteiger partial charge in [0.15, 0.2) is 0 Å². The lowest BCUT2D eigenvalue weighted by Gasteiger charge is -2.57. The van der Waals surface area contributed by atoms with Crippen LogP contribution in [-0.4, -0.2) is 18.0 Å². The summed E-state index contributed by atoms with van der Waals surface area (Å²) in [5.41, 5.74) is 1.76. The average Bonchev–Trinajstić information content (AvgIpc) is 3.12. The van der Waals surface area contributed by atoms with Crippen LogP contribution >= 0.6 is 0 Å². The van der Waals surface area contributed by atoms with Gasteiger partial charge in [-0.05, 0) is 85.7 Å². The second-order valence-corrected chi connectivity index (χ2v) is 11.1. The van der Waals surface area contributed by atoms with E-state index in [1.165, 1.54) is 18.9 Å². The predicted molar refractivity (Wildman–Crippen MR) is 123 cm³/mol. The highest BCUT2D eigenvalue weighted by Gasteiger charge is 2.60. The molecule has 0 aromatic heterocycles. The Balaban J connectivity index is 1.34. The molecule has 1 aromatic carbocycles. The fourth-order valence-corrected chi connectivity index (χ4v) is 8.03. The Hall–Kier alpha value is -2.10. The molecule has 1 aromatic rings. The third-order valence-corrected chi connectivity index (χ3v) is 9.64. The van der Waals surface area contributed by atoms with Crippen LogP contribution in [0.2, 0.25) is 0 Å². The molecule has 5 rings (SSSR count). The van der Waals surface area contributed by atoms with Gasteiger partial charge in [0.2, 0.25) is 0 Å². The molecule has 3 saturated carbocycles. The molecule has 0 saturated heterocycles. The second kappa shape index (κ2) is 8.04. The highest BCUT2D eigenvalue weighted by Crippen LogP contribution is 2.66. The Kier molecular flexibility index (Phi) is 5.46. The standard InChI is InChI=1S/C28H36O4/c1-18(29)31-21-13-15-27(2)19(17-21)9-10-22-23-11-12-25(28(23,3)16-14-24(22)27)26(30)32-20-7-5-4-6-8-20/h4-9,21-25H,10-17H2,1-3H3. The number of rotatable bonds is 3. The van der Waals surface area contributed by atoms with E-state index in [2.05, 4.69) is 19.9 Å². The first-order chi connectivity index (χ1) is 15.3. The Morgan fingerprint density at radius 2 is 1.75 bits per heavy atom. The second-order valence-electron chi connectivity index (χ2n) is 11.1. The van der Waals surface area contributed by atoms with Crippen molar-refractivity contribution in [3.63, 3.8) is 0 Å². The van der Waals surface area contributed by atoms with Gasteiger partial charge in [-0.15, -0.1) is 0 Å². The molecule has 0 bridgehead atoms. The third-order valence-electron chi connectivity index (χ3n) is 9.64. The van der Waals surface area contributed by atoms with Crippen LogP contribution in [0, 0.1) is 34.5 Å². The summed E-state index contributed by atoms with van der Waals surface area (Å²) in [4.78, 5) is 24.6. The third kappa shape index (κ3) is 3.50. The van der Waals surface area contributed by atoms with Crippen LogP contribution < -0.4 is 4.74 Å². The summed E-state index contributed by atoms with van der Waals surface area (Å²) >= 11 is 0. The molecule has 7 unspecified atom stereocenters. The smallest absolute Gasteiger partial charge is 0.314 e. The minimum Gasteiger partial charge on any atom is -0.462 e. The van der Waals surface area contributed by atoms with Gasteiger partial charge in [0.05, 0.1) is 5.92 Å². The minimum atomic E-state index is -0.166. The van der Waals surface area contributed by atoms with E-state index in [-0.39, 0.29) is 34.8 Å². The molecule has 0 radical (unpaired) electrons. The lowest BCUT2D eigenvalue weighted by molar-refractivity contribution is -0.150. The zero-order valence-electron chi connectivity index (χ0n) is 19.6. The molecule has 4 nitrogen and oxygen atoms in total. The molecule has 4 aliphatic carbocycles. The number of fused-ring (bicyclic) bond motifs is 5. The van der Waals surface area contributed by atoms with Crippen molar-refractivity contribution in [3.05, 3.63) is 42.0 Å². The molecule has 0 amide bonds. The molecule has 7 atom stereocenters. The largest absolute Gasteiger partial charge is 0.462 e. The minimum absolute atomic E-state index is 0.00783. The maximum Gasteiger partial charge on any atom is 0.314 e. The number of hydrogen-bond donors (Lipinski definition) is 0. The summed E-state index contributed by atoms with van der Waals surface area (Å²) in [5.74, 6) is 2.33. The number of para-hydroxylation sites is 1. The van der Waals surface area contributed by atoms with Crippen molar-refractivity contribution in [1.82, 2.24) is 0 Å². The van der Waals surface area contributed by atoms with Crippen molar-refractivity contribution >= 4 is 11.9 Å². The molecular weight excluding hydrogens is 400 g/mol. The number of allylic oxidation sites excluding steroid dienone is 1. The highest BCUT2D eigenvalue weighted by atomic mass is 16.5. The topological polar surface area (TPSA) is 52.6 Å². The molecule has 0 spiro atoms. The number of benzene rings is 1. The SMILES string of the molecule is CC(=O)OC1CCC2(C)C(=CCC3C2CCC2(C)C(C(=O)Oc4ccccc4)CCC32)C1. The van der Waals surface area contributed by atoms with E-state index in [1.54, 1.807) is 0 Å². The number of ether oxygens (including phenoxy) is 2. The zero-order chi connectivity index (χ0) is 22.5. The Morgan fingerprint density at radius 1 is 0.969 bits per heavy atom. The highest BCUT2D eigenvalue weighted by molar-refractivity contribution is 5.76. The van der Waals surface area contributed by atoms with Crippen molar-refractivity contribution < 1.29 is 19.1 Å². The van der Waals surface area contributed by atoms with Gasteiger partial charge in [-0.3, -0.25) is 9.59 Å². The fourth-order valence-electron chi connectivity index (χ4n) is 8.03. The Labute approximate surface area is 191 Å². The van der Waals surface area contributed by atoms with E-state index in [9.17, 15) is 9.59 Å². The number of hydrogen-bond acceptors (Lipinski definition) is 4. The molecule has 0 aliphatic heterocycles. The maximum absolute atomic E-state index is 13.2. The van der Waals surface area contributed by atoms with Crippen LogP contribution in [0.5, 0.6) is 5.75 Å². The van der Waals surface area contributed by atoms with Crippen molar-refractivity contribution in [2.24, 2.45) is 34.5 Å². The lowest BCUT2D eigenvalue weighted by atomic mass is 9.47. The van der Waals surface area contributed by atoms with Crippen LogP contribution in [0.25, 0.3) is 0 Å². The maximum atomic E-state index is 13.2. The molecule has 0 N–H and O–H groups in total. The van der Waals surface area contributed by atoms with Gasteiger partial charge in [-0.1, -0.05) is 43.7 Å². The van der Waals surface area contributed by atoms with Gasteiger partial charge >= 0.3 is 11.9 Å². The van der Waals surface area contributed by atoms with E-state index in [1.807, 2.05) is 30.3 Å². The van der Waals surface area contributed by atoms with Crippen LogP contribution in [0.1, 0.15) is 72.1 Å². The molecule has 4 heteroatoms. The zero-order valence-corrected chi connectivity index (χ0v) is 19.6. The number of esters is 2. The number of carbonyl (C=O) groups is 2. The van der Waals surface area contributed by atoms with E-state index in [0.717, 1.165) is 44.9 Å².